The van der Waals surface area contributed by atoms with Gasteiger partial charge < -0.3 is 9.80 Å². The van der Waals surface area contributed by atoms with Crippen LogP contribution in [0.2, 0.25) is 0 Å². The third kappa shape index (κ3) is 3.45. The maximum atomic E-state index is 12.7. The second kappa shape index (κ2) is 7.08. The van der Waals surface area contributed by atoms with Crippen LogP contribution in [0, 0.1) is 6.92 Å². The van der Waals surface area contributed by atoms with Crippen LogP contribution in [0.5, 0.6) is 0 Å². The topological polar surface area (TPSA) is 23.6 Å². The highest BCUT2D eigenvalue weighted by Crippen LogP contribution is 2.22. The van der Waals surface area contributed by atoms with Gasteiger partial charge >= 0.3 is 0 Å². The van der Waals surface area contributed by atoms with Crippen LogP contribution in [0.25, 0.3) is 0 Å². The summed E-state index contributed by atoms with van der Waals surface area (Å²) < 4.78 is 0. The standard InChI is InChI=1S/C21H26N2O/c1-16(2)18-8-10-19(11-9-18)22-12-14-23(15-13-22)21(24)20-7-5-4-6-17(20)3/h4-11,16H,12-15H2,1-3H3. The SMILES string of the molecule is Cc1ccccc1C(=O)N1CCN(c2ccc(C(C)C)cc2)CC1. The molecular weight excluding hydrogens is 296 g/mol. The predicted octanol–water partition coefficient (Wildman–Crippen LogP) is 4.08. The first kappa shape index (κ1) is 16.6. The van der Waals surface area contributed by atoms with Crippen molar-refractivity contribution in [3.05, 3.63) is 65.2 Å². The zero-order chi connectivity index (χ0) is 17.1. The van der Waals surface area contributed by atoms with Gasteiger partial charge in [-0.3, -0.25) is 4.79 Å². The van der Waals surface area contributed by atoms with Gasteiger partial charge in [-0.25, -0.2) is 0 Å². The van der Waals surface area contributed by atoms with Gasteiger partial charge in [-0.2, -0.15) is 0 Å². The largest absolute Gasteiger partial charge is 0.368 e. The maximum Gasteiger partial charge on any atom is 0.254 e. The van der Waals surface area contributed by atoms with Crippen LogP contribution in [0.1, 0.15) is 41.3 Å². The molecule has 1 aliphatic rings. The number of carbonyl (C=O) groups is 1. The summed E-state index contributed by atoms with van der Waals surface area (Å²) in [6.07, 6.45) is 0. The van der Waals surface area contributed by atoms with Crippen molar-refractivity contribution in [1.82, 2.24) is 4.90 Å². The van der Waals surface area contributed by atoms with Crippen molar-refractivity contribution in [2.75, 3.05) is 31.1 Å². The van der Waals surface area contributed by atoms with Gasteiger partial charge in [0.2, 0.25) is 0 Å². The second-order valence-electron chi connectivity index (χ2n) is 6.84. The summed E-state index contributed by atoms with van der Waals surface area (Å²) in [5.74, 6) is 0.713. The Balaban J connectivity index is 1.63. The Bertz CT molecular complexity index is 698. The van der Waals surface area contributed by atoms with Gasteiger partial charge in [-0.1, -0.05) is 44.2 Å². The van der Waals surface area contributed by atoms with Crippen molar-refractivity contribution < 1.29 is 4.79 Å². The van der Waals surface area contributed by atoms with Crippen LogP contribution >= 0.6 is 0 Å². The van der Waals surface area contributed by atoms with Crippen LogP contribution in [0.15, 0.2) is 48.5 Å². The van der Waals surface area contributed by atoms with E-state index in [1.54, 1.807) is 0 Å². The molecule has 0 aromatic heterocycles. The summed E-state index contributed by atoms with van der Waals surface area (Å²) in [4.78, 5) is 17.0. The third-order valence-electron chi connectivity index (χ3n) is 4.87. The van der Waals surface area contributed by atoms with E-state index in [0.717, 1.165) is 37.3 Å². The van der Waals surface area contributed by atoms with E-state index in [4.69, 9.17) is 0 Å². The van der Waals surface area contributed by atoms with Crippen molar-refractivity contribution in [3.8, 4) is 0 Å². The number of benzene rings is 2. The van der Waals surface area contributed by atoms with Gasteiger partial charge in [-0.05, 0) is 42.2 Å². The Morgan fingerprint density at radius 1 is 0.917 bits per heavy atom. The number of rotatable bonds is 3. The quantitative estimate of drug-likeness (QED) is 0.850. The minimum absolute atomic E-state index is 0.155. The highest BCUT2D eigenvalue weighted by Gasteiger charge is 2.23. The maximum absolute atomic E-state index is 12.7. The molecule has 2 aromatic carbocycles. The van der Waals surface area contributed by atoms with Crippen LogP contribution in [-0.2, 0) is 0 Å². The van der Waals surface area contributed by atoms with E-state index in [9.17, 15) is 4.79 Å². The molecule has 0 N–H and O–H groups in total. The zero-order valence-electron chi connectivity index (χ0n) is 14.8. The third-order valence-corrected chi connectivity index (χ3v) is 4.87. The lowest BCUT2D eigenvalue weighted by Gasteiger charge is -2.36. The summed E-state index contributed by atoms with van der Waals surface area (Å²) in [7, 11) is 0. The molecule has 126 valence electrons. The number of nitrogens with zero attached hydrogens (tertiary/aromatic N) is 2. The highest BCUT2D eigenvalue weighted by atomic mass is 16.2. The molecule has 1 saturated heterocycles. The van der Waals surface area contributed by atoms with E-state index in [0.29, 0.717) is 5.92 Å². The Morgan fingerprint density at radius 3 is 2.12 bits per heavy atom. The van der Waals surface area contributed by atoms with Gasteiger partial charge in [0.05, 0.1) is 0 Å². The number of hydrogen-bond acceptors (Lipinski definition) is 2. The van der Waals surface area contributed by atoms with Gasteiger partial charge in [0, 0.05) is 37.4 Å². The van der Waals surface area contributed by atoms with Crippen molar-refractivity contribution in [3.63, 3.8) is 0 Å². The Kier molecular flexibility index (Phi) is 4.89. The number of anilines is 1. The van der Waals surface area contributed by atoms with E-state index in [1.165, 1.54) is 11.3 Å². The van der Waals surface area contributed by atoms with Crippen molar-refractivity contribution in [2.24, 2.45) is 0 Å². The van der Waals surface area contributed by atoms with Crippen LogP contribution in [0.3, 0.4) is 0 Å². The molecule has 2 aromatic rings. The molecule has 1 aliphatic heterocycles. The predicted molar refractivity (Wildman–Crippen MR) is 99.8 cm³/mol. The number of amides is 1. The van der Waals surface area contributed by atoms with E-state index < -0.39 is 0 Å². The molecule has 3 rings (SSSR count). The number of aryl methyl sites for hydroxylation is 1. The lowest BCUT2D eigenvalue weighted by atomic mass is 10.0. The zero-order valence-corrected chi connectivity index (χ0v) is 14.8. The number of carbonyl (C=O) groups excluding carboxylic acids is 1. The van der Waals surface area contributed by atoms with E-state index >= 15 is 0 Å². The van der Waals surface area contributed by atoms with E-state index in [2.05, 4.69) is 43.0 Å². The molecule has 0 spiro atoms. The Hall–Kier alpha value is -2.29. The molecule has 3 heteroatoms. The molecule has 1 fully saturated rings. The van der Waals surface area contributed by atoms with E-state index in [-0.39, 0.29) is 5.91 Å². The van der Waals surface area contributed by atoms with Crippen molar-refractivity contribution in [1.29, 1.82) is 0 Å². The summed E-state index contributed by atoms with van der Waals surface area (Å²) in [6, 6.07) is 16.7. The molecule has 1 heterocycles. The van der Waals surface area contributed by atoms with Gasteiger partial charge in [0.15, 0.2) is 0 Å². The molecule has 1 amide bonds. The molecule has 3 nitrogen and oxygen atoms in total. The fourth-order valence-electron chi connectivity index (χ4n) is 3.22. The second-order valence-corrected chi connectivity index (χ2v) is 6.84. The Morgan fingerprint density at radius 2 is 1.54 bits per heavy atom. The number of piperazine rings is 1. The first-order valence-electron chi connectivity index (χ1n) is 8.76. The molecule has 0 unspecified atom stereocenters. The number of hydrogen-bond donors (Lipinski definition) is 0. The molecule has 0 saturated carbocycles. The molecule has 0 radical (unpaired) electrons. The molecule has 0 aliphatic carbocycles. The van der Waals surface area contributed by atoms with Gasteiger partial charge in [0.1, 0.15) is 0 Å². The highest BCUT2D eigenvalue weighted by molar-refractivity contribution is 5.95. The molecule has 24 heavy (non-hydrogen) atoms. The normalized spacial score (nSPS) is 15.0. The summed E-state index contributed by atoms with van der Waals surface area (Å²) >= 11 is 0. The van der Waals surface area contributed by atoms with E-state index in [1.807, 2.05) is 36.1 Å². The molecule has 0 atom stereocenters. The fraction of sp³-hybridized carbons (Fsp3) is 0.381. The first-order chi connectivity index (χ1) is 11.6. The minimum Gasteiger partial charge on any atom is -0.368 e. The van der Waals surface area contributed by atoms with Gasteiger partial charge in [0.25, 0.3) is 5.91 Å². The molecular formula is C21H26N2O. The summed E-state index contributed by atoms with van der Waals surface area (Å²) in [5.41, 5.74) is 4.50. The Labute approximate surface area is 144 Å². The lowest BCUT2D eigenvalue weighted by Crippen LogP contribution is -2.48. The van der Waals surface area contributed by atoms with Crippen LogP contribution < -0.4 is 4.90 Å². The smallest absolute Gasteiger partial charge is 0.254 e. The monoisotopic (exact) mass is 322 g/mol. The van der Waals surface area contributed by atoms with Crippen molar-refractivity contribution >= 4 is 11.6 Å². The van der Waals surface area contributed by atoms with Gasteiger partial charge in [-0.15, -0.1) is 0 Å². The summed E-state index contributed by atoms with van der Waals surface area (Å²) in [5, 5.41) is 0. The minimum atomic E-state index is 0.155. The average Bonchev–Trinajstić information content (AvgIpc) is 2.62. The average molecular weight is 322 g/mol. The lowest BCUT2D eigenvalue weighted by molar-refractivity contribution is 0.0746. The fourth-order valence-corrected chi connectivity index (χ4v) is 3.22. The molecule has 0 bridgehead atoms. The van der Waals surface area contributed by atoms with Crippen molar-refractivity contribution in [2.45, 2.75) is 26.7 Å². The summed E-state index contributed by atoms with van der Waals surface area (Å²) in [6.45, 7) is 9.76. The van der Waals surface area contributed by atoms with Crippen LogP contribution in [-0.4, -0.2) is 37.0 Å². The first-order valence-corrected chi connectivity index (χ1v) is 8.76. The van der Waals surface area contributed by atoms with Crippen LogP contribution in [0.4, 0.5) is 5.69 Å².